The predicted octanol–water partition coefficient (Wildman–Crippen LogP) is 3.98. The van der Waals surface area contributed by atoms with Crippen LogP contribution in [0.5, 0.6) is 0 Å². The molecule has 0 saturated carbocycles. The minimum absolute atomic E-state index is 0.0722. The Hall–Kier alpha value is -2.47. The Morgan fingerprint density at radius 3 is 2.43 bits per heavy atom. The summed E-state index contributed by atoms with van der Waals surface area (Å²) < 4.78 is 0.839. The Labute approximate surface area is 128 Å². The Morgan fingerprint density at radius 2 is 1.86 bits per heavy atom. The molecule has 106 valence electrons. The normalized spacial score (nSPS) is 11.2. The first kappa shape index (κ1) is 14.9. The molecule has 0 atom stereocenters. The number of hydrogen-bond donors (Lipinski definition) is 1. The number of nitrogens with zero attached hydrogens (tertiary/aromatic N) is 1. The van der Waals surface area contributed by atoms with Crippen molar-refractivity contribution in [2.24, 2.45) is 0 Å². The van der Waals surface area contributed by atoms with Gasteiger partial charge in [-0.25, -0.2) is 4.79 Å². The molecule has 21 heavy (non-hydrogen) atoms. The summed E-state index contributed by atoms with van der Waals surface area (Å²) in [4.78, 5) is 21.6. The third-order valence-electron chi connectivity index (χ3n) is 2.78. The van der Waals surface area contributed by atoms with Gasteiger partial charge in [-0.2, -0.15) is 0 Å². The Bertz CT molecular complexity index is 723. The van der Waals surface area contributed by atoms with E-state index in [0.717, 1.165) is 4.47 Å². The quantitative estimate of drug-likeness (QED) is 0.392. The van der Waals surface area contributed by atoms with Gasteiger partial charge in [0.25, 0.3) is 5.69 Å². The molecule has 2 aromatic carbocycles. The van der Waals surface area contributed by atoms with Gasteiger partial charge in [0.05, 0.1) is 10.5 Å². The molecule has 0 bridgehead atoms. The van der Waals surface area contributed by atoms with E-state index in [9.17, 15) is 20.0 Å². The maximum Gasteiger partial charge on any atom is 0.336 e. The number of aliphatic carboxylic acids is 1. The van der Waals surface area contributed by atoms with Crippen molar-refractivity contribution in [2.45, 2.75) is 0 Å². The average Bonchev–Trinajstić information content (AvgIpc) is 2.46. The van der Waals surface area contributed by atoms with E-state index < -0.39 is 10.9 Å². The topological polar surface area (TPSA) is 80.4 Å². The summed E-state index contributed by atoms with van der Waals surface area (Å²) in [6, 6.07) is 12.6. The van der Waals surface area contributed by atoms with Crippen LogP contribution in [0.15, 0.2) is 53.0 Å². The first-order valence-corrected chi connectivity index (χ1v) is 6.72. The maximum atomic E-state index is 11.4. The van der Waals surface area contributed by atoms with E-state index in [0.29, 0.717) is 11.1 Å². The van der Waals surface area contributed by atoms with E-state index in [-0.39, 0.29) is 11.3 Å². The number of hydrogen-bond acceptors (Lipinski definition) is 3. The highest BCUT2D eigenvalue weighted by molar-refractivity contribution is 9.10. The SMILES string of the molecule is O=C(O)/C(=C\c1cccc([N+](=O)[O-])c1)c1ccc(Br)cc1. The molecule has 0 saturated heterocycles. The van der Waals surface area contributed by atoms with Gasteiger partial charge < -0.3 is 5.11 Å². The molecule has 1 N–H and O–H groups in total. The Balaban J connectivity index is 2.47. The van der Waals surface area contributed by atoms with Gasteiger partial charge in [-0.1, -0.05) is 40.2 Å². The first-order chi connectivity index (χ1) is 9.97. The van der Waals surface area contributed by atoms with Gasteiger partial charge in [0.1, 0.15) is 0 Å². The standard InChI is InChI=1S/C15H10BrNO4/c16-12-6-4-11(5-7-12)14(15(18)19)9-10-2-1-3-13(8-10)17(20)21/h1-9H,(H,18,19)/b14-9-. The van der Waals surface area contributed by atoms with Crippen LogP contribution in [0, 0.1) is 10.1 Å². The van der Waals surface area contributed by atoms with Gasteiger partial charge in [0, 0.05) is 16.6 Å². The van der Waals surface area contributed by atoms with Crippen LogP contribution in [-0.2, 0) is 4.79 Å². The lowest BCUT2D eigenvalue weighted by Gasteiger charge is -2.03. The van der Waals surface area contributed by atoms with E-state index in [1.807, 2.05) is 0 Å². The molecule has 0 radical (unpaired) electrons. The number of carbonyl (C=O) groups is 1. The minimum Gasteiger partial charge on any atom is -0.478 e. The molecule has 0 spiro atoms. The first-order valence-electron chi connectivity index (χ1n) is 5.93. The molecule has 0 aliphatic carbocycles. The Kier molecular flexibility index (Phi) is 4.49. The third-order valence-corrected chi connectivity index (χ3v) is 3.31. The summed E-state index contributed by atoms with van der Waals surface area (Å²) in [6.07, 6.45) is 1.42. The van der Waals surface area contributed by atoms with Crippen LogP contribution in [0.2, 0.25) is 0 Å². The van der Waals surface area contributed by atoms with Crippen LogP contribution < -0.4 is 0 Å². The molecular weight excluding hydrogens is 338 g/mol. The second-order valence-electron chi connectivity index (χ2n) is 4.22. The fourth-order valence-electron chi connectivity index (χ4n) is 1.79. The molecule has 2 rings (SSSR count). The van der Waals surface area contributed by atoms with E-state index in [4.69, 9.17) is 0 Å². The van der Waals surface area contributed by atoms with Crippen LogP contribution >= 0.6 is 15.9 Å². The number of benzene rings is 2. The molecule has 0 aliphatic rings. The summed E-state index contributed by atoms with van der Waals surface area (Å²) in [5, 5.41) is 20.1. The second-order valence-corrected chi connectivity index (χ2v) is 5.14. The minimum atomic E-state index is -1.09. The smallest absolute Gasteiger partial charge is 0.336 e. The van der Waals surface area contributed by atoms with Crippen molar-refractivity contribution in [3.63, 3.8) is 0 Å². The molecule has 2 aromatic rings. The lowest BCUT2D eigenvalue weighted by Crippen LogP contribution is -1.99. The van der Waals surface area contributed by atoms with E-state index in [1.54, 1.807) is 30.3 Å². The van der Waals surface area contributed by atoms with E-state index >= 15 is 0 Å². The van der Waals surface area contributed by atoms with Crippen molar-refractivity contribution in [3.05, 3.63) is 74.2 Å². The highest BCUT2D eigenvalue weighted by Crippen LogP contribution is 2.22. The number of nitro groups is 1. The van der Waals surface area contributed by atoms with Crippen LogP contribution in [0.25, 0.3) is 11.6 Å². The van der Waals surface area contributed by atoms with Crippen LogP contribution in [-0.4, -0.2) is 16.0 Å². The van der Waals surface area contributed by atoms with Gasteiger partial charge in [-0.3, -0.25) is 10.1 Å². The fraction of sp³-hybridized carbons (Fsp3) is 0. The zero-order valence-electron chi connectivity index (χ0n) is 10.7. The number of halogens is 1. The van der Waals surface area contributed by atoms with E-state index in [2.05, 4.69) is 15.9 Å². The van der Waals surface area contributed by atoms with Crippen molar-refractivity contribution in [3.8, 4) is 0 Å². The largest absolute Gasteiger partial charge is 0.478 e. The van der Waals surface area contributed by atoms with Gasteiger partial charge in [0.15, 0.2) is 0 Å². The number of nitro benzene ring substituents is 1. The monoisotopic (exact) mass is 347 g/mol. The molecular formula is C15H10BrNO4. The summed E-state index contributed by atoms with van der Waals surface area (Å²) >= 11 is 3.28. The van der Waals surface area contributed by atoms with Gasteiger partial charge >= 0.3 is 5.97 Å². The van der Waals surface area contributed by atoms with Crippen molar-refractivity contribution in [2.75, 3.05) is 0 Å². The summed E-state index contributed by atoms with van der Waals surface area (Å²) in [5.41, 5.74) is 0.981. The fourth-order valence-corrected chi connectivity index (χ4v) is 2.06. The Morgan fingerprint density at radius 1 is 1.19 bits per heavy atom. The lowest BCUT2D eigenvalue weighted by atomic mass is 10.0. The number of carboxylic acid groups (broad SMARTS) is 1. The van der Waals surface area contributed by atoms with Crippen LogP contribution in [0.3, 0.4) is 0 Å². The third kappa shape index (κ3) is 3.76. The molecule has 5 nitrogen and oxygen atoms in total. The van der Waals surface area contributed by atoms with Crippen molar-refractivity contribution < 1.29 is 14.8 Å². The second kappa shape index (κ2) is 6.32. The van der Waals surface area contributed by atoms with Gasteiger partial charge in [-0.15, -0.1) is 0 Å². The van der Waals surface area contributed by atoms with Gasteiger partial charge in [-0.05, 0) is 29.3 Å². The molecule has 0 fully saturated rings. The summed E-state index contributed by atoms with van der Waals surface area (Å²) in [7, 11) is 0. The highest BCUT2D eigenvalue weighted by atomic mass is 79.9. The molecule has 0 amide bonds. The lowest BCUT2D eigenvalue weighted by molar-refractivity contribution is -0.384. The molecule has 0 unspecified atom stereocenters. The van der Waals surface area contributed by atoms with Crippen LogP contribution in [0.1, 0.15) is 11.1 Å². The molecule has 0 heterocycles. The van der Waals surface area contributed by atoms with Crippen molar-refractivity contribution in [1.82, 2.24) is 0 Å². The number of non-ortho nitro benzene ring substituents is 1. The predicted molar refractivity (Wildman–Crippen MR) is 82.7 cm³/mol. The maximum absolute atomic E-state index is 11.4. The molecule has 6 heteroatoms. The molecule has 0 aliphatic heterocycles. The zero-order chi connectivity index (χ0) is 15.4. The highest BCUT2D eigenvalue weighted by Gasteiger charge is 2.12. The number of rotatable bonds is 4. The average molecular weight is 348 g/mol. The summed E-state index contributed by atoms with van der Waals surface area (Å²) in [6.45, 7) is 0. The van der Waals surface area contributed by atoms with Crippen LogP contribution in [0.4, 0.5) is 5.69 Å². The van der Waals surface area contributed by atoms with Gasteiger partial charge in [0.2, 0.25) is 0 Å². The number of carboxylic acids is 1. The van der Waals surface area contributed by atoms with E-state index in [1.165, 1.54) is 24.3 Å². The van der Waals surface area contributed by atoms with Crippen molar-refractivity contribution in [1.29, 1.82) is 0 Å². The van der Waals surface area contributed by atoms with Crippen molar-refractivity contribution >= 4 is 39.2 Å². The summed E-state index contributed by atoms with van der Waals surface area (Å²) in [5.74, 6) is -1.09. The zero-order valence-corrected chi connectivity index (χ0v) is 12.3. The molecule has 0 aromatic heterocycles.